The highest BCUT2D eigenvalue weighted by Crippen LogP contribution is 2.44. The largest absolute Gasteiger partial charge is 0.488 e. The molecule has 0 aliphatic carbocycles. The number of aromatic nitrogens is 4. The lowest BCUT2D eigenvalue weighted by atomic mass is 9.92. The third-order valence-electron chi connectivity index (χ3n) is 13.8. The number of alkyl carbamates (subject to hydrolysis) is 2. The number of benzene rings is 4. The highest BCUT2D eigenvalue weighted by atomic mass is 16.5. The number of ether oxygens (including phenoxy) is 3. The van der Waals surface area contributed by atoms with Gasteiger partial charge in [-0.1, -0.05) is 82.1 Å². The summed E-state index contributed by atoms with van der Waals surface area (Å²) in [5.41, 5.74) is 7.24. The smallest absolute Gasteiger partial charge is 0.407 e. The van der Waals surface area contributed by atoms with Gasteiger partial charge in [0, 0.05) is 23.5 Å². The summed E-state index contributed by atoms with van der Waals surface area (Å²) in [6, 6.07) is 21.7. The number of nitrogens with zero attached hydrogens (tertiary/aromatic N) is 4. The number of imidazole rings is 2. The van der Waals surface area contributed by atoms with Gasteiger partial charge >= 0.3 is 12.2 Å². The number of hydrogen-bond donors (Lipinski definition) is 4. The van der Waals surface area contributed by atoms with Gasteiger partial charge in [0.1, 0.15) is 36.1 Å². The fourth-order valence-corrected chi connectivity index (χ4v) is 9.94. The summed E-state index contributed by atoms with van der Waals surface area (Å²) < 4.78 is 16.2. The van der Waals surface area contributed by atoms with Crippen LogP contribution < -0.4 is 15.4 Å². The summed E-state index contributed by atoms with van der Waals surface area (Å²) in [7, 11) is 2.59. The Bertz CT molecular complexity index is 2770. The van der Waals surface area contributed by atoms with Crippen LogP contribution in [0.4, 0.5) is 9.59 Å². The van der Waals surface area contributed by atoms with Crippen molar-refractivity contribution in [2.24, 2.45) is 11.8 Å². The Balaban J connectivity index is 0.976. The SMILES string of the molecule is CC[C@H]1C[C@@H](c2nc3ccc4cc5c(cc4c3[nH]2)OCc2cc(-c3cnc([C@@H]4CC[C@H](C)N4C(=O)[C@@H](NC(=O)OC)[C@@H](C)CC)[nH]3)ccc2-5)N(C(=O)[C@H](NC(=O)OC)c2ccccc2)C1. The summed E-state index contributed by atoms with van der Waals surface area (Å²) >= 11 is 0. The minimum Gasteiger partial charge on any atom is -0.488 e. The van der Waals surface area contributed by atoms with E-state index in [9.17, 15) is 19.2 Å². The maximum absolute atomic E-state index is 14.4. The molecule has 4 aromatic carbocycles. The van der Waals surface area contributed by atoms with E-state index in [0.717, 1.165) is 87.6 Å². The molecule has 65 heavy (non-hydrogen) atoms. The van der Waals surface area contributed by atoms with E-state index in [-0.39, 0.29) is 41.8 Å². The summed E-state index contributed by atoms with van der Waals surface area (Å²) in [4.78, 5) is 73.9. The lowest BCUT2D eigenvalue weighted by Gasteiger charge is -2.33. The number of carbonyl (C=O) groups excluding carboxylic acids is 4. The van der Waals surface area contributed by atoms with Crippen molar-refractivity contribution in [2.45, 2.75) is 96.6 Å². The molecule has 7 atom stereocenters. The standard InChI is InChI=1S/C50H56N8O7/c1-7-27(3)42(55-49(61)63-5)48(60)58-28(4)14-19-39(58)45-51-24-38(53-45)32-15-17-34-33(21-32)26-65-41-23-35-31(22-36(34)41)16-18-37-44(35)54-46(52-37)40-20-29(8-2)25-57(40)47(59)43(56-50(62)64-6)30-12-10-9-11-13-30/h9-13,15-18,21-24,27-29,39-40,42-43H,7-8,14,19-20,25-26H2,1-6H3,(H,51,53)(H,52,54)(H,55,61)(H,56,62)/t27-,28-,29-,39-,40-,42-,43+/m0/s1. The second kappa shape index (κ2) is 17.9. The number of rotatable bonds is 11. The minimum atomic E-state index is -0.915. The van der Waals surface area contributed by atoms with Crippen LogP contribution in [0.2, 0.25) is 0 Å². The number of methoxy groups -OCH3 is 2. The van der Waals surface area contributed by atoms with Gasteiger partial charge in [-0.25, -0.2) is 19.6 Å². The zero-order chi connectivity index (χ0) is 45.5. The lowest BCUT2D eigenvalue weighted by molar-refractivity contribution is -0.137. The molecule has 4 N–H and O–H groups in total. The number of fused-ring (bicyclic) bond motifs is 6. The molecule has 3 aliphatic heterocycles. The molecule has 0 unspecified atom stereocenters. The van der Waals surface area contributed by atoms with E-state index < -0.39 is 24.3 Å². The maximum atomic E-state index is 14.4. The number of H-pyrrole nitrogens is 2. The predicted molar refractivity (Wildman–Crippen MR) is 246 cm³/mol. The topological polar surface area (TPSA) is 184 Å². The van der Waals surface area contributed by atoms with Gasteiger partial charge < -0.3 is 44.6 Å². The molecule has 338 valence electrons. The molecule has 2 aromatic heterocycles. The molecule has 2 saturated heterocycles. The van der Waals surface area contributed by atoms with Crippen LogP contribution in [0, 0.1) is 11.8 Å². The quantitative estimate of drug-likeness (QED) is 0.0987. The van der Waals surface area contributed by atoms with Crippen LogP contribution in [-0.4, -0.2) is 86.6 Å². The van der Waals surface area contributed by atoms with Gasteiger partial charge in [-0.2, -0.15) is 0 Å². The minimum absolute atomic E-state index is 0.0196. The molecule has 0 saturated carbocycles. The second-order valence-corrected chi connectivity index (χ2v) is 17.7. The molecule has 6 aromatic rings. The van der Waals surface area contributed by atoms with Crippen molar-refractivity contribution >= 4 is 45.8 Å². The third-order valence-corrected chi connectivity index (χ3v) is 13.8. The van der Waals surface area contributed by atoms with Crippen LogP contribution in [0.15, 0.2) is 79.0 Å². The first-order chi connectivity index (χ1) is 31.5. The van der Waals surface area contributed by atoms with Crippen LogP contribution in [0.1, 0.15) is 101 Å². The number of aromatic amines is 2. The monoisotopic (exact) mass is 880 g/mol. The molecule has 4 amide bonds. The molecule has 0 radical (unpaired) electrons. The molecule has 0 bridgehead atoms. The van der Waals surface area contributed by atoms with Crippen LogP contribution in [0.3, 0.4) is 0 Å². The average Bonchev–Trinajstić information content (AvgIpc) is 4.17. The van der Waals surface area contributed by atoms with E-state index in [2.05, 4.69) is 63.9 Å². The lowest BCUT2D eigenvalue weighted by Crippen LogP contribution is -2.53. The van der Waals surface area contributed by atoms with Gasteiger partial charge in [0.2, 0.25) is 5.91 Å². The average molecular weight is 881 g/mol. The van der Waals surface area contributed by atoms with Gasteiger partial charge in [-0.05, 0) is 89.9 Å². The summed E-state index contributed by atoms with van der Waals surface area (Å²) in [5, 5.41) is 7.53. The Morgan fingerprint density at radius 1 is 0.877 bits per heavy atom. The van der Waals surface area contributed by atoms with E-state index in [0.29, 0.717) is 30.4 Å². The highest BCUT2D eigenvalue weighted by molar-refractivity contribution is 6.07. The van der Waals surface area contributed by atoms with Crippen LogP contribution in [0.5, 0.6) is 5.75 Å². The number of amides is 4. The van der Waals surface area contributed by atoms with Crippen LogP contribution >= 0.6 is 0 Å². The number of hydrogen-bond acceptors (Lipinski definition) is 9. The molecule has 2 fully saturated rings. The molecule has 15 nitrogen and oxygen atoms in total. The van der Waals surface area contributed by atoms with Gasteiger partial charge in [0.25, 0.3) is 5.91 Å². The van der Waals surface area contributed by atoms with E-state index in [1.807, 2.05) is 73.2 Å². The van der Waals surface area contributed by atoms with Crippen molar-refractivity contribution in [1.29, 1.82) is 0 Å². The fraction of sp³-hybridized carbons (Fsp3) is 0.400. The molecule has 3 aliphatic rings. The molecule has 0 spiro atoms. The predicted octanol–water partition coefficient (Wildman–Crippen LogP) is 8.89. The van der Waals surface area contributed by atoms with Gasteiger partial charge in [-0.3, -0.25) is 9.59 Å². The maximum Gasteiger partial charge on any atom is 0.407 e. The zero-order valence-electron chi connectivity index (χ0n) is 37.6. The van der Waals surface area contributed by atoms with Gasteiger partial charge in [0.15, 0.2) is 0 Å². The third kappa shape index (κ3) is 8.12. The van der Waals surface area contributed by atoms with E-state index >= 15 is 0 Å². The molecular weight excluding hydrogens is 825 g/mol. The van der Waals surface area contributed by atoms with Crippen molar-refractivity contribution < 1.29 is 33.4 Å². The van der Waals surface area contributed by atoms with E-state index in [4.69, 9.17) is 24.2 Å². The normalized spacial score (nSPS) is 20.4. The number of carbonyl (C=O) groups is 4. The molecular formula is C50H56N8O7. The zero-order valence-corrected chi connectivity index (χ0v) is 37.6. The van der Waals surface area contributed by atoms with Crippen molar-refractivity contribution in [3.05, 3.63) is 102 Å². The molecule has 9 rings (SSSR count). The Kier molecular flexibility index (Phi) is 12.0. The second-order valence-electron chi connectivity index (χ2n) is 17.7. The number of likely N-dealkylation sites (tertiary alicyclic amines) is 2. The van der Waals surface area contributed by atoms with Crippen molar-refractivity contribution in [3.8, 4) is 28.1 Å². The first kappa shape index (κ1) is 43.4. The Morgan fingerprint density at radius 2 is 1.66 bits per heavy atom. The molecule has 15 heteroatoms. The van der Waals surface area contributed by atoms with Gasteiger partial charge in [-0.15, -0.1) is 0 Å². The summed E-state index contributed by atoms with van der Waals surface area (Å²) in [6.07, 6.45) is 4.46. The highest BCUT2D eigenvalue weighted by Gasteiger charge is 2.43. The number of nitrogens with one attached hydrogen (secondary N) is 4. The summed E-state index contributed by atoms with van der Waals surface area (Å²) in [6.45, 7) is 9.06. The first-order valence-corrected chi connectivity index (χ1v) is 22.6. The van der Waals surface area contributed by atoms with Crippen LogP contribution in [0.25, 0.3) is 44.2 Å². The van der Waals surface area contributed by atoms with Crippen LogP contribution in [-0.2, 0) is 25.7 Å². The van der Waals surface area contributed by atoms with E-state index in [1.54, 1.807) is 0 Å². The van der Waals surface area contributed by atoms with Crippen molar-refractivity contribution in [3.63, 3.8) is 0 Å². The van der Waals surface area contributed by atoms with Crippen molar-refractivity contribution in [1.82, 2.24) is 40.4 Å². The van der Waals surface area contributed by atoms with Crippen molar-refractivity contribution in [2.75, 3.05) is 20.8 Å². The Morgan fingerprint density at radius 3 is 2.42 bits per heavy atom. The Labute approximate surface area is 377 Å². The summed E-state index contributed by atoms with van der Waals surface area (Å²) in [5.74, 6) is 2.02. The molecule has 5 heterocycles. The fourth-order valence-electron chi connectivity index (χ4n) is 9.94. The first-order valence-electron chi connectivity index (χ1n) is 22.6. The van der Waals surface area contributed by atoms with Gasteiger partial charge in [0.05, 0.1) is 49.2 Å². The Hall–Kier alpha value is -6.90. The van der Waals surface area contributed by atoms with E-state index in [1.165, 1.54) is 14.2 Å².